The van der Waals surface area contributed by atoms with Gasteiger partial charge in [0.1, 0.15) is 0 Å². The molecule has 1 N–H and O–H groups in total. The van der Waals surface area contributed by atoms with Crippen LogP contribution in [-0.2, 0) is 6.42 Å². The van der Waals surface area contributed by atoms with Gasteiger partial charge in [0.15, 0.2) is 5.82 Å². The number of nitro benzene ring substituents is 1. The van der Waals surface area contributed by atoms with Crippen LogP contribution in [0, 0.1) is 17.0 Å². The highest BCUT2D eigenvalue weighted by atomic mass is 16.6. The number of nitro groups is 1. The van der Waals surface area contributed by atoms with E-state index in [1.165, 1.54) is 6.07 Å². The molecule has 7 nitrogen and oxygen atoms in total. The molecular weight excluding hydrogens is 260 g/mol. The minimum Gasteiger partial charge on any atom is -0.339 e. The summed E-state index contributed by atoms with van der Waals surface area (Å²) >= 11 is 0. The number of non-ortho nitro benzene ring substituents is 1. The molecule has 0 amide bonds. The van der Waals surface area contributed by atoms with Crippen LogP contribution in [0.4, 0.5) is 5.69 Å². The first-order valence-corrected chi connectivity index (χ1v) is 6.33. The van der Waals surface area contributed by atoms with E-state index in [0.29, 0.717) is 24.7 Å². The van der Waals surface area contributed by atoms with E-state index in [-0.39, 0.29) is 11.7 Å². The van der Waals surface area contributed by atoms with Crippen molar-refractivity contribution in [1.82, 2.24) is 15.5 Å². The standard InChI is InChI=1S/C13H16N4O3/c1-9(11-4-3-5-12(8-11)17(18)19)14-7-6-13-15-10(2)16-20-13/h3-5,8-9,14H,6-7H2,1-2H3. The average molecular weight is 276 g/mol. The summed E-state index contributed by atoms with van der Waals surface area (Å²) in [5, 5.41) is 17.7. The van der Waals surface area contributed by atoms with Crippen LogP contribution in [0.5, 0.6) is 0 Å². The second-order valence-electron chi connectivity index (χ2n) is 4.51. The maximum Gasteiger partial charge on any atom is 0.269 e. The summed E-state index contributed by atoms with van der Waals surface area (Å²) in [5.74, 6) is 1.20. The van der Waals surface area contributed by atoms with E-state index in [9.17, 15) is 10.1 Å². The van der Waals surface area contributed by atoms with Crippen LogP contribution >= 0.6 is 0 Å². The second kappa shape index (κ2) is 6.25. The number of aromatic nitrogens is 2. The third-order valence-electron chi connectivity index (χ3n) is 2.94. The van der Waals surface area contributed by atoms with Crippen molar-refractivity contribution in [3.8, 4) is 0 Å². The highest BCUT2D eigenvalue weighted by Gasteiger charge is 2.11. The lowest BCUT2D eigenvalue weighted by Gasteiger charge is -2.13. The molecule has 0 aliphatic carbocycles. The maximum absolute atomic E-state index is 10.7. The van der Waals surface area contributed by atoms with Crippen molar-refractivity contribution in [3.05, 3.63) is 51.7 Å². The molecule has 1 heterocycles. The van der Waals surface area contributed by atoms with E-state index in [4.69, 9.17) is 4.52 Å². The van der Waals surface area contributed by atoms with Crippen molar-refractivity contribution >= 4 is 5.69 Å². The molecule has 1 atom stereocenters. The van der Waals surface area contributed by atoms with Crippen molar-refractivity contribution in [1.29, 1.82) is 0 Å². The summed E-state index contributed by atoms with van der Waals surface area (Å²) in [4.78, 5) is 14.5. The lowest BCUT2D eigenvalue weighted by atomic mass is 10.1. The van der Waals surface area contributed by atoms with Crippen molar-refractivity contribution in [2.24, 2.45) is 0 Å². The molecule has 1 aromatic carbocycles. The molecule has 1 unspecified atom stereocenters. The van der Waals surface area contributed by atoms with E-state index < -0.39 is 4.92 Å². The van der Waals surface area contributed by atoms with E-state index in [2.05, 4.69) is 15.5 Å². The highest BCUT2D eigenvalue weighted by molar-refractivity contribution is 5.35. The molecule has 0 fully saturated rings. The zero-order chi connectivity index (χ0) is 14.5. The lowest BCUT2D eigenvalue weighted by Crippen LogP contribution is -2.21. The summed E-state index contributed by atoms with van der Waals surface area (Å²) in [6.07, 6.45) is 0.625. The minimum atomic E-state index is -0.391. The first-order chi connectivity index (χ1) is 9.56. The fourth-order valence-electron chi connectivity index (χ4n) is 1.86. The van der Waals surface area contributed by atoms with Crippen LogP contribution in [0.3, 0.4) is 0 Å². The summed E-state index contributed by atoms with van der Waals surface area (Å²) < 4.78 is 5.01. The fourth-order valence-corrected chi connectivity index (χ4v) is 1.86. The lowest BCUT2D eigenvalue weighted by molar-refractivity contribution is -0.384. The third kappa shape index (κ3) is 3.61. The summed E-state index contributed by atoms with van der Waals surface area (Å²) in [5.41, 5.74) is 0.976. The van der Waals surface area contributed by atoms with Gasteiger partial charge in [-0.15, -0.1) is 0 Å². The molecule has 2 rings (SSSR count). The molecule has 0 saturated heterocycles. The Kier molecular flexibility index (Phi) is 4.41. The monoisotopic (exact) mass is 276 g/mol. The van der Waals surface area contributed by atoms with Gasteiger partial charge in [0.25, 0.3) is 5.69 Å². The summed E-state index contributed by atoms with van der Waals surface area (Å²) in [6.45, 7) is 4.38. The van der Waals surface area contributed by atoms with Crippen LogP contribution in [0.15, 0.2) is 28.8 Å². The number of benzene rings is 1. The van der Waals surface area contributed by atoms with Gasteiger partial charge in [-0.3, -0.25) is 10.1 Å². The quantitative estimate of drug-likeness (QED) is 0.642. The first-order valence-electron chi connectivity index (χ1n) is 6.33. The Hall–Kier alpha value is -2.28. The fraction of sp³-hybridized carbons (Fsp3) is 0.385. The number of hydrogen-bond acceptors (Lipinski definition) is 6. The van der Waals surface area contributed by atoms with Gasteiger partial charge in [-0.25, -0.2) is 0 Å². The molecule has 0 bridgehead atoms. The molecule has 2 aromatic rings. The number of rotatable bonds is 6. The predicted octanol–water partition coefficient (Wildman–Crippen LogP) is 2.18. The number of nitrogens with zero attached hydrogens (tertiary/aromatic N) is 3. The van der Waals surface area contributed by atoms with Gasteiger partial charge < -0.3 is 9.84 Å². The molecule has 0 aliphatic heterocycles. The van der Waals surface area contributed by atoms with Crippen molar-refractivity contribution in [2.75, 3.05) is 6.54 Å². The van der Waals surface area contributed by atoms with E-state index in [0.717, 1.165) is 5.56 Å². The molecule has 1 aromatic heterocycles. The summed E-state index contributed by atoms with van der Waals surface area (Å²) in [7, 11) is 0. The molecule has 0 aliphatic rings. The van der Waals surface area contributed by atoms with Gasteiger partial charge in [0, 0.05) is 31.1 Å². The predicted molar refractivity (Wildman–Crippen MR) is 72.3 cm³/mol. The van der Waals surface area contributed by atoms with Gasteiger partial charge in [-0.05, 0) is 19.4 Å². The molecule has 0 spiro atoms. The van der Waals surface area contributed by atoms with Crippen LogP contribution in [-0.4, -0.2) is 21.6 Å². The van der Waals surface area contributed by atoms with Crippen molar-refractivity contribution in [3.63, 3.8) is 0 Å². The molecule has 7 heteroatoms. The van der Waals surface area contributed by atoms with Gasteiger partial charge in [-0.2, -0.15) is 4.98 Å². The molecule has 0 radical (unpaired) electrons. The molecular formula is C13H16N4O3. The summed E-state index contributed by atoms with van der Waals surface area (Å²) in [6, 6.07) is 6.62. The first kappa shape index (κ1) is 14.1. The number of aryl methyl sites for hydroxylation is 1. The molecule has 0 saturated carbocycles. The van der Waals surface area contributed by atoms with Gasteiger partial charge >= 0.3 is 0 Å². The highest BCUT2D eigenvalue weighted by Crippen LogP contribution is 2.18. The SMILES string of the molecule is Cc1noc(CCNC(C)c2cccc([N+](=O)[O-])c2)n1. The minimum absolute atomic E-state index is 0.0129. The van der Waals surface area contributed by atoms with Crippen LogP contribution in [0.1, 0.15) is 30.2 Å². The molecule has 106 valence electrons. The normalized spacial score (nSPS) is 12.3. The van der Waals surface area contributed by atoms with Gasteiger partial charge in [-0.1, -0.05) is 17.3 Å². The average Bonchev–Trinajstić information content (AvgIpc) is 2.84. The number of nitrogens with one attached hydrogen (secondary N) is 1. The Balaban J connectivity index is 1.89. The van der Waals surface area contributed by atoms with Crippen LogP contribution in [0.2, 0.25) is 0 Å². The van der Waals surface area contributed by atoms with Gasteiger partial charge in [0.05, 0.1) is 4.92 Å². The third-order valence-corrected chi connectivity index (χ3v) is 2.94. The van der Waals surface area contributed by atoms with Crippen LogP contribution in [0.25, 0.3) is 0 Å². The van der Waals surface area contributed by atoms with E-state index in [1.807, 2.05) is 13.0 Å². The molecule has 20 heavy (non-hydrogen) atoms. The Morgan fingerprint density at radius 3 is 2.95 bits per heavy atom. The Labute approximate surface area is 116 Å². The largest absolute Gasteiger partial charge is 0.339 e. The Morgan fingerprint density at radius 1 is 1.50 bits per heavy atom. The smallest absolute Gasteiger partial charge is 0.269 e. The Bertz CT molecular complexity index is 597. The zero-order valence-electron chi connectivity index (χ0n) is 11.4. The number of hydrogen-bond donors (Lipinski definition) is 1. The van der Waals surface area contributed by atoms with Crippen molar-refractivity contribution in [2.45, 2.75) is 26.3 Å². The van der Waals surface area contributed by atoms with Gasteiger partial charge in [0.2, 0.25) is 5.89 Å². The van der Waals surface area contributed by atoms with E-state index >= 15 is 0 Å². The topological polar surface area (TPSA) is 94.1 Å². The van der Waals surface area contributed by atoms with Crippen LogP contribution < -0.4 is 5.32 Å². The van der Waals surface area contributed by atoms with Crippen molar-refractivity contribution < 1.29 is 9.45 Å². The second-order valence-corrected chi connectivity index (χ2v) is 4.51. The maximum atomic E-state index is 10.7. The Morgan fingerprint density at radius 2 is 2.30 bits per heavy atom. The zero-order valence-corrected chi connectivity index (χ0v) is 11.4. The van der Waals surface area contributed by atoms with E-state index in [1.54, 1.807) is 19.1 Å².